The first kappa shape index (κ1) is 19.9. The zero-order chi connectivity index (χ0) is 20.1. The van der Waals surface area contributed by atoms with Gasteiger partial charge in [0, 0.05) is 18.2 Å². The number of aryl methyl sites for hydroxylation is 2. The molecule has 0 saturated carbocycles. The lowest BCUT2D eigenvalue weighted by Crippen LogP contribution is -2.10. The van der Waals surface area contributed by atoms with Crippen molar-refractivity contribution in [3.63, 3.8) is 0 Å². The molecule has 0 aliphatic carbocycles. The van der Waals surface area contributed by atoms with E-state index in [1.165, 1.54) is 30.0 Å². The normalized spacial score (nSPS) is 10.7. The SMILES string of the molecule is COC(=O)c1ccc(CSc2nc(Cc3cc(C)cc(C)c3)cc(=O)[nH]2)cc1. The van der Waals surface area contributed by atoms with Gasteiger partial charge < -0.3 is 9.72 Å². The molecule has 28 heavy (non-hydrogen) atoms. The molecule has 0 fully saturated rings. The number of nitrogens with one attached hydrogen (secondary N) is 1. The van der Waals surface area contributed by atoms with E-state index in [0.29, 0.717) is 22.9 Å². The third kappa shape index (κ3) is 5.33. The number of H-pyrrole nitrogens is 1. The summed E-state index contributed by atoms with van der Waals surface area (Å²) in [5, 5.41) is 0.587. The maximum Gasteiger partial charge on any atom is 0.337 e. The number of carbonyl (C=O) groups is 1. The highest BCUT2D eigenvalue weighted by atomic mass is 32.2. The average molecular weight is 394 g/mol. The summed E-state index contributed by atoms with van der Waals surface area (Å²) in [7, 11) is 1.36. The van der Waals surface area contributed by atoms with Crippen LogP contribution in [0.1, 0.15) is 38.3 Å². The molecular formula is C22H22N2O3S. The van der Waals surface area contributed by atoms with Crippen LogP contribution in [0, 0.1) is 13.8 Å². The van der Waals surface area contributed by atoms with Crippen molar-refractivity contribution in [2.75, 3.05) is 7.11 Å². The van der Waals surface area contributed by atoms with Gasteiger partial charge in [-0.05, 0) is 37.1 Å². The highest BCUT2D eigenvalue weighted by molar-refractivity contribution is 7.98. The molecule has 0 radical (unpaired) electrons. The Kier molecular flexibility index (Phi) is 6.31. The van der Waals surface area contributed by atoms with E-state index in [9.17, 15) is 9.59 Å². The van der Waals surface area contributed by atoms with Gasteiger partial charge in [0.15, 0.2) is 5.16 Å². The number of benzene rings is 2. The van der Waals surface area contributed by atoms with Crippen molar-refractivity contribution < 1.29 is 9.53 Å². The molecule has 0 aliphatic heterocycles. The lowest BCUT2D eigenvalue weighted by Gasteiger charge is -2.07. The number of rotatable bonds is 6. The number of carbonyl (C=O) groups excluding carboxylic acids is 1. The summed E-state index contributed by atoms with van der Waals surface area (Å²) in [4.78, 5) is 30.9. The predicted octanol–water partition coefficient (Wildman–Crippen LogP) is 4.06. The van der Waals surface area contributed by atoms with Gasteiger partial charge in [0.25, 0.3) is 5.56 Å². The van der Waals surface area contributed by atoms with Gasteiger partial charge in [0.05, 0.1) is 18.4 Å². The molecule has 0 amide bonds. The molecule has 1 N–H and O–H groups in total. The fraction of sp³-hybridized carbons (Fsp3) is 0.227. The van der Waals surface area contributed by atoms with Crippen LogP contribution in [0.4, 0.5) is 0 Å². The molecule has 1 aromatic heterocycles. The zero-order valence-corrected chi connectivity index (χ0v) is 16.9. The molecule has 5 nitrogen and oxygen atoms in total. The van der Waals surface area contributed by atoms with Gasteiger partial charge in [0.1, 0.15) is 0 Å². The number of nitrogens with zero attached hydrogens (tertiary/aromatic N) is 1. The van der Waals surface area contributed by atoms with Gasteiger partial charge in [-0.3, -0.25) is 4.79 Å². The van der Waals surface area contributed by atoms with E-state index < -0.39 is 0 Å². The summed E-state index contributed by atoms with van der Waals surface area (Å²) < 4.78 is 4.70. The molecule has 3 aromatic rings. The Labute approximate surface area is 168 Å². The van der Waals surface area contributed by atoms with Gasteiger partial charge in [0.2, 0.25) is 0 Å². The molecule has 144 valence electrons. The Morgan fingerprint density at radius 1 is 1.04 bits per heavy atom. The van der Waals surface area contributed by atoms with Crippen LogP contribution < -0.4 is 5.56 Å². The number of hydrogen-bond acceptors (Lipinski definition) is 5. The zero-order valence-electron chi connectivity index (χ0n) is 16.1. The lowest BCUT2D eigenvalue weighted by atomic mass is 10.0. The molecule has 3 rings (SSSR count). The molecule has 6 heteroatoms. The van der Waals surface area contributed by atoms with E-state index in [0.717, 1.165) is 16.8 Å². The topological polar surface area (TPSA) is 72.0 Å². The van der Waals surface area contributed by atoms with E-state index in [4.69, 9.17) is 4.74 Å². The quantitative estimate of drug-likeness (QED) is 0.388. The Hall–Kier alpha value is -2.86. The van der Waals surface area contributed by atoms with Crippen LogP contribution in [0.3, 0.4) is 0 Å². The molecule has 2 aromatic carbocycles. The summed E-state index contributed by atoms with van der Waals surface area (Å²) in [6, 6.07) is 15.1. The van der Waals surface area contributed by atoms with Crippen LogP contribution in [0.25, 0.3) is 0 Å². The summed E-state index contributed by atoms with van der Waals surface area (Å²) >= 11 is 1.46. The lowest BCUT2D eigenvalue weighted by molar-refractivity contribution is 0.0600. The van der Waals surface area contributed by atoms with Crippen LogP contribution in [0.5, 0.6) is 0 Å². The minimum atomic E-state index is -0.357. The highest BCUT2D eigenvalue weighted by Gasteiger charge is 2.07. The van der Waals surface area contributed by atoms with Gasteiger partial charge in [-0.25, -0.2) is 9.78 Å². The van der Waals surface area contributed by atoms with Crippen LogP contribution in [-0.2, 0) is 16.9 Å². The standard InChI is InChI=1S/C22H22N2O3S/c1-14-8-15(2)10-17(9-14)11-19-12-20(25)24-22(23-19)28-13-16-4-6-18(7-5-16)21(26)27-3/h4-10,12H,11,13H2,1-3H3,(H,23,24,25). The second kappa shape index (κ2) is 8.89. The van der Waals surface area contributed by atoms with Crippen LogP contribution in [-0.4, -0.2) is 23.0 Å². The van der Waals surface area contributed by atoms with Gasteiger partial charge >= 0.3 is 5.97 Å². The average Bonchev–Trinajstić information content (AvgIpc) is 2.65. The van der Waals surface area contributed by atoms with Gasteiger partial charge in [-0.1, -0.05) is 53.2 Å². The van der Waals surface area contributed by atoms with Crippen molar-refractivity contribution in [2.24, 2.45) is 0 Å². The Balaban J connectivity index is 1.71. The predicted molar refractivity (Wildman–Crippen MR) is 111 cm³/mol. The Bertz CT molecular complexity index is 1020. The van der Waals surface area contributed by atoms with Crippen LogP contribution in [0.15, 0.2) is 58.5 Å². The summed E-state index contributed by atoms with van der Waals surface area (Å²) in [5.41, 5.74) is 5.67. The molecule has 0 atom stereocenters. The van der Waals surface area contributed by atoms with Crippen LogP contribution >= 0.6 is 11.8 Å². The number of aromatic nitrogens is 2. The number of ether oxygens (including phenoxy) is 1. The van der Waals surface area contributed by atoms with Crippen molar-refractivity contribution >= 4 is 17.7 Å². The minimum Gasteiger partial charge on any atom is -0.465 e. The fourth-order valence-corrected chi connectivity index (χ4v) is 3.88. The molecular weight excluding hydrogens is 372 g/mol. The Morgan fingerprint density at radius 3 is 2.36 bits per heavy atom. The second-order valence-electron chi connectivity index (χ2n) is 6.69. The number of hydrogen-bond donors (Lipinski definition) is 1. The molecule has 0 unspecified atom stereocenters. The van der Waals surface area contributed by atoms with Crippen LogP contribution in [0.2, 0.25) is 0 Å². The first-order valence-electron chi connectivity index (χ1n) is 8.90. The summed E-state index contributed by atoms with van der Waals surface area (Å²) in [5.74, 6) is 0.279. The van der Waals surface area contributed by atoms with Crippen molar-refractivity contribution in [3.8, 4) is 0 Å². The highest BCUT2D eigenvalue weighted by Crippen LogP contribution is 2.20. The molecule has 0 spiro atoms. The molecule has 0 bridgehead atoms. The van der Waals surface area contributed by atoms with E-state index in [1.54, 1.807) is 18.2 Å². The van der Waals surface area contributed by atoms with E-state index >= 15 is 0 Å². The number of thioether (sulfide) groups is 1. The van der Waals surface area contributed by atoms with Crippen molar-refractivity contribution in [1.29, 1.82) is 0 Å². The van der Waals surface area contributed by atoms with Gasteiger partial charge in [-0.15, -0.1) is 0 Å². The number of esters is 1. The smallest absolute Gasteiger partial charge is 0.337 e. The van der Waals surface area contributed by atoms with Crippen molar-refractivity contribution in [1.82, 2.24) is 9.97 Å². The molecule has 0 saturated heterocycles. The first-order chi connectivity index (χ1) is 13.4. The molecule has 0 aliphatic rings. The minimum absolute atomic E-state index is 0.155. The summed E-state index contributed by atoms with van der Waals surface area (Å²) in [6.07, 6.45) is 0.619. The second-order valence-corrected chi connectivity index (χ2v) is 7.66. The fourth-order valence-electron chi connectivity index (χ4n) is 3.03. The number of aromatic amines is 1. The van der Waals surface area contributed by atoms with Crippen molar-refractivity contribution in [2.45, 2.75) is 31.2 Å². The maximum atomic E-state index is 12.0. The Morgan fingerprint density at radius 2 is 1.71 bits per heavy atom. The summed E-state index contributed by atoms with van der Waals surface area (Å²) in [6.45, 7) is 4.13. The first-order valence-corrected chi connectivity index (χ1v) is 9.89. The third-order valence-corrected chi connectivity index (χ3v) is 5.13. The third-order valence-electron chi connectivity index (χ3n) is 4.19. The van der Waals surface area contributed by atoms with E-state index in [-0.39, 0.29) is 11.5 Å². The number of methoxy groups -OCH3 is 1. The molecule has 1 heterocycles. The van der Waals surface area contributed by atoms with E-state index in [1.807, 2.05) is 12.1 Å². The monoisotopic (exact) mass is 394 g/mol. The van der Waals surface area contributed by atoms with Crippen molar-refractivity contribution in [3.05, 3.63) is 92.4 Å². The maximum absolute atomic E-state index is 12.0. The van der Waals surface area contributed by atoms with E-state index in [2.05, 4.69) is 42.0 Å². The largest absolute Gasteiger partial charge is 0.465 e. The van der Waals surface area contributed by atoms with Gasteiger partial charge in [-0.2, -0.15) is 0 Å².